The number of phenols is 1. The number of hydrogen-bond acceptors (Lipinski definition) is 6. The third-order valence-corrected chi connectivity index (χ3v) is 5.89. The lowest BCUT2D eigenvalue weighted by Gasteiger charge is -2.39. The van der Waals surface area contributed by atoms with Crippen LogP contribution >= 0.6 is 0 Å². The zero-order valence-electron chi connectivity index (χ0n) is 16.7. The highest BCUT2D eigenvalue weighted by molar-refractivity contribution is 6.01. The summed E-state index contributed by atoms with van der Waals surface area (Å²) in [4.78, 5) is 13.3. The third-order valence-electron chi connectivity index (χ3n) is 5.89. The number of Topliss-reactive ketones (excluding diaryl/α,β-unsaturated/α-hetero) is 1. The van der Waals surface area contributed by atoms with Gasteiger partial charge < -0.3 is 24.6 Å². The number of nitrogens with one attached hydrogen (secondary N) is 1. The van der Waals surface area contributed by atoms with Crippen LogP contribution in [-0.4, -0.2) is 24.8 Å². The number of hydrogen-bond donors (Lipinski definition) is 2. The Balaban J connectivity index is 1.73. The SMILES string of the molecule is COc1cc([C@@H]2C3=C(CC(C)(C)CC3=O)Nc3cc4c(cc32)OCO4)ccc1O. The Kier molecular flexibility index (Phi) is 3.81. The largest absolute Gasteiger partial charge is 0.504 e. The Bertz CT molecular complexity index is 1070. The number of aromatic hydroxyl groups is 1. The number of benzene rings is 2. The molecule has 2 aromatic carbocycles. The van der Waals surface area contributed by atoms with Crippen molar-refractivity contribution in [2.45, 2.75) is 32.6 Å². The molecule has 0 fully saturated rings. The molecule has 29 heavy (non-hydrogen) atoms. The highest BCUT2D eigenvalue weighted by Gasteiger charge is 2.41. The van der Waals surface area contributed by atoms with Gasteiger partial charge in [-0.1, -0.05) is 19.9 Å². The Labute approximate surface area is 169 Å². The van der Waals surface area contributed by atoms with Gasteiger partial charge in [0, 0.05) is 35.4 Å². The topological polar surface area (TPSA) is 77.0 Å². The van der Waals surface area contributed by atoms with Gasteiger partial charge in [-0.15, -0.1) is 0 Å². The summed E-state index contributed by atoms with van der Waals surface area (Å²) >= 11 is 0. The molecule has 2 N–H and O–H groups in total. The van der Waals surface area contributed by atoms with E-state index in [1.807, 2.05) is 18.2 Å². The standard InChI is InChI=1S/C23H23NO5/c1-23(2)9-15-22(17(26)10-23)21(12-4-5-16(25)18(6-12)27-3)13-7-19-20(29-11-28-19)8-14(13)24-15/h4-8,21,24-25H,9-11H2,1-3H3/t21-/m0/s1. The fraction of sp³-hybridized carbons (Fsp3) is 0.348. The fourth-order valence-electron chi connectivity index (χ4n) is 4.62. The molecule has 6 nitrogen and oxygen atoms in total. The second-order valence-corrected chi connectivity index (χ2v) is 8.62. The maximum Gasteiger partial charge on any atom is 0.231 e. The summed E-state index contributed by atoms with van der Waals surface area (Å²) in [7, 11) is 1.52. The van der Waals surface area contributed by atoms with Crippen LogP contribution in [0.15, 0.2) is 41.6 Å². The molecule has 2 aromatic rings. The van der Waals surface area contributed by atoms with E-state index in [2.05, 4.69) is 19.2 Å². The first kappa shape index (κ1) is 17.9. The number of carbonyl (C=O) groups excluding carboxylic acids is 1. The first-order valence-electron chi connectivity index (χ1n) is 9.70. The summed E-state index contributed by atoms with van der Waals surface area (Å²) in [5.74, 6) is 1.70. The lowest BCUT2D eigenvalue weighted by Crippen LogP contribution is -2.33. The summed E-state index contributed by atoms with van der Waals surface area (Å²) in [5.41, 5.74) is 4.39. The zero-order chi connectivity index (χ0) is 20.3. The summed E-state index contributed by atoms with van der Waals surface area (Å²) in [5, 5.41) is 13.6. The van der Waals surface area contributed by atoms with Crippen LogP contribution in [-0.2, 0) is 4.79 Å². The number of methoxy groups -OCH3 is 1. The van der Waals surface area contributed by atoms with Crippen molar-refractivity contribution in [1.29, 1.82) is 0 Å². The molecule has 0 unspecified atom stereocenters. The molecular formula is C23H23NO5. The smallest absolute Gasteiger partial charge is 0.231 e. The van der Waals surface area contributed by atoms with Crippen LogP contribution in [0.4, 0.5) is 5.69 Å². The van der Waals surface area contributed by atoms with Crippen molar-refractivity contribution in [2.24, 2.45) is 5.41 Å². The van der Waals surface area contributed by atoms with Crippen molar-refractivity contribution in [2.75, 3.05) is 19.2 Å². The Morgan fingerprint density at radius 3 is 2.66 bits per heavy atom. The quantitative estimate of drug-likeness (QED) is 0.791. The van der Waals surface area contributed by atoms with Gasteiger partial charge >= 0.3 is 0 Å². The summed E-state index contributed by atoms with van der Waals surface area (Å²) < 4.78 is 16.5. The van der Waals surface area contributed by atoms with E-state index >= 15 is 0 Å². The highest BCUT2D eigenvalue weighted by Crippen LogP contribution is 2.52. The molecule has 0 saturated heterocycles. The molecule has 0 spiro atoms. The molecule has 5 rings (SSSR count). The lowest BCUT2D eigenvalue weighted by atomic mass is 9.68. The van der Waals surface area contributed by atoms with Crippen molar-refractivity contribution < 1.29 is 24.1 Å². The summed E-state index contributed by atoms with van der Waals surface area (Å²) in [6, 6.07) is 9.15. The van der Waals surface area contributed by atoms with E-state index in [-0.39, 0.29) is 29.7 Å². The molecule has 3 aliphatic rings. The van der Waals surface area contributed by atoms with Crippen LogP contribution in [0.2, 0.25) is 0 Å². The van der Waals surface area contributed by atoms with Gasteiger partial charge in [-0.25, -0.2) is 0 Å². The first-order chi connectivity index (χ1) is 13.9. The molecule has 2 heterocycles. The molecule has 2 aliphatic heterocycles. The van der Waals surface area contributed by atoms with E-state index in [9.17, 15) is 9.90 Å². The molecule has 0 amide bonds. The maximum atomic E-state index is 13.3. The molecule has 0 saturated carbocycles. The van der Waals surface area contributed by atoms with Gasteiger partial charge in [-0.3, -0.25) is 4.79 Å². The lowest BCUT2D eigenvalue weighted by molar-refractivity contribution is -0.118. The van der Waals surface area contributed by atoms with E-state index in [4.69, 9.17) is 14.2 Å². The summed E-state index contributed by atoms with van der Waals surface area (Å²) in [6.45, 7) is 4.42. The van der Waals surface area contributed by atoms with Gasteiger partial charge in [0.25, 0.3) is 0 Å². The van der Waals surface area contributed by atoms with Gasteiger partial charge in [-0.2, -0.15) is 0 Å². The number of anilines is 1. The maximum absolute atomic E-state index is 13.3. The van der Waals surface area contributed by atoms with Crippen LogP contribution in [0.1, 0.15) is 43.7 Å². The molecule has 1 atom stereocenters. The van der Waals surface area contributed by atoms with Crippen LogP contribution < -0.4 is 19.5 Å². The molecule has 150 valence electrons. The average Bonchev–Trinajstić information content (AvgIpc) is 3.11. The van der Waals surface area contributed by atoms with Gasteiger partial charge in [0.2, 0.25) is 6.79 Å². The number of carbonyl (C=O) groups is 1. The second kappa shape index (κ2) is 6.17. The van der Waals surface area contributed by atoms with Crippen molar-refractivity contribution in [1.82, 2.24) is 0 Å². The highest BCUT2D eigenvalue weighted by atomic mass is 16.7. The monoisotopic (exact) mass is 393 g/mol. The Hall–Kier alpha value is -3.15. The third kappa shape index (κ3) is 2.82. The van der Waals surface area contributed by atoms with E-state index in [1.54, 1.807) is 12.1 Å². The zero-order valence-corrected chi connectivity index (χ0v) is 16.7. The van der Waals surface area contributed by atoms with Crippen LogP contribution in [0.25, 0.3) is 0 Å². The Morgan fingerprint density at radius 1 is 1.14 bits per heavy atom. The minimum Gasteiger partial charge on any atom is -0.504 e. The van der Waals surface area contributed by atoms with E-state index in [0.29, 0.717) is 23.7 Å². The van der Waals surface area contributed by atoms with Gasteiger partial charge in [0.15, 0.2) is 28.8 Å². The van der Waals surface area contributed by atoms with Gasteiger partial charge in [-0.05, 0) is 41.2 Å². The predicted octanol–water partition coefficient (Wildman–Crippen LogP) is 4.33. The molecule has 0 aromatic heterocycles. The molecule has 6 heteroatoms. The van der Waals surface area contributed by atoms with Crippen LogP contribution in [0, 0.1) is 5.41 Å². The minimum absolute atomic E-state index is 0.0707. The van der Waals surface area contributed by atoms with Gasteiger partial charge in [0.1, 0.15) is 0 Å². The average molecular weight is 393 g/mol. The number of ether oxygens (including phenoxy) is 3. The van der Waals surface area contributed by atoms with Crippen molar-refractivity contribution in [3.05, 3.63) is 52.7 Å². The molecule has 0 radical (unpaired) electrons. The van der Waals surface area contributed by atoms with E-state index < -0.39 is 0 Å². The number of allylic oxidation sites excluding steroid dienone is 2. The summed E-state index contributed by atoms with van der Waals surface area (Å²) in [6.07, 6.45) is 1.28. The second-order valence-electron chi connectivity index (χ2n) is 8.62. The van der Waals surface area contributed by atoms with Crippen LogP contribution in [0.5, 0.6) is 23.0 Å². The van der Waals surface area contributed by atoms with Crippen molar-refractivity contribution in [3.63, 3.8) is 0 Å². The Morgan fingerprint density at radius 2 is 1.90 bits per heavy atom. The number of phenolic OH excluding ortho intramolecular Hbond substituents is 1. The number of rotatable bonds is 2. The van der Waals surface area contributed by atoms with Crippen LogP contribution in [0.3, 0.4) is 0 Å². The van der Waals surface area contributed by atoms with E-state index in [1.165, 1.54) is 7.11 Å². The predicted molar refractivity (Wildman–Crippen MR) is 108 cm³/mol. The van der Waals surface area contributed by atoms with Crippen molar-refractivity contribution >= 4 is 11.5 Å². The molecule has 1 aliphatic carbocycles. The van der Waals surface area contributed by atoms with E-state index in [0.717, 1.165) is 34.5 Å². The van der Waals surface area contributed by atoms with Crippen molar-refractivity contribution in [3.8, 4) is 23.0 Å². The normalized spacial score (nSPS) is 21.3. The molecular weight excluding hydrogens is 370 g/mol. The fourth-order valence-corrected chi connectivity index (χ4v) is 4.62. The number of fused-ring (bicyclic) bond motifs is 2. The minimum atomic E-state index is -0.270. The van der Waals surface area contributed by atoms with Gasteiger partial charge in [0.05, 0.1) is 7.11 Å². The number of ketones is 1. The molecule has 0 bridgehead atoms. The first-order valence-corrected chi connectivity index (χ1v) is 9.70.